The maximum Gasteiger partial charge on any atom is 0.336 e. The Morgan fingerprint density at radius 3 is 2.71 bits per heavy atom. The van der Waals surface area contributed by atoms with E-state index in [1.54, 1.807) is 6.92 Å². The van der Waals surface area contributed by atoms with Crippen LogP contribution in [0, 0.1) is 35.3 Å². The molecule has 0 atom stereocenters. The van der Waals surface area contributed by atoms with Crippen LogP contribution in [0.15, 0.2) is 12.1 Å². The number of anilines is 1. The fourth-order valence-corrected chi connectivity index (χ4v) is 2.30. The standard InChI is InChI=1S/C15H16N2O4/c1-3-6-16(9-11-4-5-11)13-7-12(15(18)19)8-14(10(13)2)17(20)21/h1,7-8,11H,4-6,9H2,2H3,(H,18,19). The molecule has 110 valence electrons. The monoisotopic (exact) mass is 288 g/mol. The summed E-state index contributed by atoms with van der Waals surface area (Å²) in [6, 6.07) is 2.55. The van der Waals surface area contributed by atoms with Gasteiger partial charge in [0.15, 0.2) is 0 Å². The number of carboxylic acid groups (broad SMARTS) is 1. The van der Waals surface area contributed by atoms with E-state index in [1.807, 2.05) is 4.90 Å². The minimum atomic E-state index is -1.19. The number of benzene rings is 1. The lowest BCUT2D eigenvalue weighted by atomic mass is 10.1. The van der Waals surface area contributed by atoms with Crippen LogP contribution in [-0.2, 0) is 0 Å². The van der Waals surface area contributed by atoms with Crippen LogP contribution >= 0.6 is 0 Å². The van der Waals surface area contributed by atoms with E-state index in [2.05, 4.69) is 5.92 Å². The third kappa shape index (κ3) is 3.31. The lowest BCUT2D eigenvalue weighted by molar-refractivity contribution is -0.385. The highest BCUT2D eigenvalue weighted by molar-refractivity contribution is 5.90. The molecule has 0 bridgehead atoms. The first kappa shape index (κ1) is 14.9. The van der Waals surface area contributed by atoms with Crippen LogP contribution in [0.5, 0.6) is 0 Å². The summed E-state index contributed by atoms with van der Waals surface area (Å²) >= 11 is 0. The van der Waals surface area contributed by atoms with Gasteiger partial charge in [-0.05, 0) is 31.7 Å². The van der Waals surface area contributed by atoms with Gasteiger partial charge in [-0.25, -0.2) is 4.79 Å². The number of nitro benzene ring substituents is 1. The second-order valence-electron chi connectivity index (χ2n) is 5.23. The second kappa shape index (κ2) is 5.83. The van der Waals surface area contributed by atoms with Gasteiger partial charge in [-0.3, -0.25) is 10.1 Å². The Labute approximate surface area is 122 Å². The number of carbonyl (C=O) groups is 1. The number of aromatic carboxylic acids is 1. The first-order chi connectivity index (χ1) is 9.93. The number of hydrogen-bond acceptors (Lipinski definition) is 4. The van der Waals surface area contributed by atoms with Crippen molar-refractivity contribution >= 4 is 17.3 Å². The van der Waals surface area contributed by atoms with E-state index in [9.17, 15) is 14.9 Å². The quantitative estimate of drug-likeness (QED) is 0.494. The molecule has 0 unspecified atom stereocenters. The van der Waals surface area contributed by atoms with Crippen molar-refractivity contribution in [1.82, 2.24) is 0 Å². The van der Waals surface area contributed by atoms with E-state index in [1.165, 1.54) is 6.07 Å². The van der Waals surface area contributed by atoms with E-state index in [-0.39, 0.29) is 11.3 Å². The van der Waals surface area contributed by atoms with Gasteiger partial charge in [0.2, 0.25) is 0 Å². The topological polar surface area (TPSA) is 83.7 Å². The number of carboxylic acids is 1. The third-order valence-corrected chi connectivity index (χ3v) is 3.59. The molecule has 1 aliphatic rings. The summed E-state index contributed by atoms with van der Waals surface area (Å²) < 4.78 is 0. The minimum absolute atomic E-state index is 0.0971. The Balaban J connectivity index is 2.50. The van der Waals surface area contributed by atoms with E-state index >= 15 is 0 Å². The van der Waals surface area contributed by atoms with Crippen molar-refractivity contribution in [2.24, 2.45) is 5.92 Å². The summed E-state index contributed by atoms with van der Waals surface area (Å²) in [5.41, 5.74) is 0.690. The van der Waals surface area contributed by atoms with Gasteiger partial charge in [0, 0.05) is 18.3 Å². The van der Waals surface area contributed by atoms with Crippen molar-refractivity contribution < 1.29 is 14.8 Å². The van der Waals surface area contributed by atoms with Crippen LogP contribution in [0.25, 0.3) is 0 Å². The fraction of sp³-hybridized carbons (Fsp3) is 0.400. The smallest absolute Gasteiger partial charge is 0.336 e. The Kier molecular flexibility index (Phi) is 4.13. The third-order valence-electron chi connectivity index (χ3n) is 3.59. The van der Waals surface area contributed by atoms with E-state index < -0.39 is 10.9 Å². The Morgan fingerprint density at radius 1 is 1.57 bits per heavy atom. The molecule has 0 saturated heterocycles. The van der Waals surface area contributed by atoms with Crippen LogP contribution in [-0.4, -0.2) is 29.1 Å². The molecular weight excluding hydrogens is 272 g/mol. The van der Waals surface area contributed by atoms with E-state index in [0.29, 0.717) is 30.3 Å². The number of hydrogen-bond donors (Lipinski definition) is 1. The second-order valence-corrected chi connectivity index (χ2v) is 5.23. The van der Waals surface area contributed by atoms with Gasteiger partial charge in [0.1, 0.15) is 0 Å². The maximum atomic E-state index is 11.2. The van der Waals surface area contributed by atoms with Gasteiger partial charge < -0.3 is 10.0 Å². The molecule has 1 fully saturated rings. The maximum absolute atomic E-state index is 11.2. The highest BCUT2D eigenvalue weighted by Crippen LogP contribution is 2.35. The molecule has 1 saturated carbocycles. The molecule has 1 aromatic rings. The lowest BCUT2D eigenvalue weighted by Gasteiger charge is -2.24. The van der Waals surface area contributed by atoms with Gasteiger partial charge in [-0.15, -0.1) is 6.42 Å². The molecule has 0 amide bonds. The molecule has 1 aromatic carbocycles. The predicted molar refractivity (Wildman–Crippen MR) is 78.6 cm³/mol. The molecule has 0 aliphatic heterocycles. The average molecular weight is 288 g/mol. The summed E-state index contributed by atoms with van der Waals surface area (Å²) in [6.45, 7) is 2.62. The van der Waals surface area contributed by atoms with Crippen LogP contribution in [0.3, 0.4) is 0 Å². The Hall–Kier alpha value is -2.55. The van der Waals surface area contributed by atoms with Gasteiger partial charge in [-0.2, -0.15) is 0 Å². The highest BCUT2D eigenvalue weighted by Gasteiger charge is 2.27. The molecule has 1 N–H and O–H groups in total. The molecule has 6 nitrogen and oxygen atoms in total. The zero-order chi connectivity index (χ0) is 15.6. The number of nitro groups is 1. The zero-order valence-corrected chi connectivity index (χ0v) is 11.7. The minimum Gasteiger partial charge on any atom is -0.478 e. The van der Waals surface area contributed by atoms with Crippen molar-refractivity contribution in [3.63, 3.8) is 0 Å². The normalized spacial score (nSPS) is 13.5. The molecule has 0 heterocycles. The molecule has 6 heteroatoms. The summed E-state index contributed by atoms with van der Waals surface area (Å²) in [6.07, 6.45) is 7.59. The van der Waals surface area contributed by atoms with E-state index in [4.69, 9.17) is 11.5 Å². The van der Waals surface area contributed by atoms with Crippen LogP contribution in [0.2, 0.25) is 0 Å². The first-order valence-electron chi connectivity index (χ1n) is 6.64. The Bertz CT molecular complexity index is 629. The van der Waals surface area contributed by atoms with Crippen molar-refractivity contribution in [1.29, 1.82) is 0 Å². The largest absolute Gasteiger partial charge is 0.478 e. The summed E-state index contributed by atoms with van der Waals surface area (Å²) in [4.78, 5) is 23.6. The molecule has 1 aliphatic carbocycles. The molecule has 0 radical (unpaired) electrons. The first-order valence-corrected chi connectivity index (χ1v) is 6.64. The molecule has 2 rings (SSSR count). The predicted octanol–water partition coefficient (Wildman–Crippen LogP) is 2.45. The highest BCUT2D eigenvalue weighted by atomic mass is 16.6. The van der Waals surface area contributed by atoms with Crippen LogP contribution in [0.4, 0.5) is 11.4 Å². The van der Waals surface area contributed by atoms with Gasteiger partial charge in [0.05, 0.1) is 22.6 Å². The van der Waals surface area contributed by atoms with Crippen LogP contribution < -0.4 is 4.90 Å². The number of terminal acetylenes is 1. The van der Waals surface area contributed by atoms with Crippen LogP contribution in [0.1, 0.15) is 28.8 Å². The summed E-state index contributed by atoms with van der Waals surface area (Å²) in [7, 11) is 0. The molecule has 21 heavy (non-hydrogen) atoms. The summed E-state index contributed by atoms with van der Waals surface area (Å²) in [5.74, 6) is 1.88. The number of nitrogens with zero attached hydrogens (tertiary/aromatic N) is 2. The summed E-state index contributed by atoms with van der Waals surface area (Å²) in [5, 5.41) is 20.2. The van der Waals surface area contributed by atoms with Crippen molar-refractivity contribution in [3.05, 3.63) is 33.4 Å². The molecule has 0 spiro atoms. The van der Waals surface area contributed by atoms with Gasteiger partial charge >= 0.3 is 5.97 Å². The van der Waals surface area contributed by atoms with Crippen molar-refractivity contribution in [2.75, 3.05) is 18.0 Å². The number of rotatable bonds is 6. The van der Waals surface area contributed by atoms with Crippen molar-refractivity contribution in [2.45, 2.75) is 19.8 Å². The average Bonchev–Trinajstić information content (AvgIpc) is 3.22. The fourth-order valence-electron chi connectivity index (χ4n) is 2.30. The zero-order valence-electron chi connectivity index (χ0n) is 11.7. The molecule has 0 aromatic heterocycles. The van der Waals surface area contributed by atoms with Gasteiger partial charge in [-0.1, -0.05) is 5.92 Å². The SMILES string of the molecule is C#CCN(CC1CC1)c1cc(C(=O)O)cc([N+](=O)[O-])c1C. The Morgan fingerprint density at radius 2 is 2.24 bits per heavy atom. The van der Waals surface area contributed by atoms with E-state index in [0.717, 1.165) is 18.9 Å². The lowest BCUT2D eigenvalue weighted by Crippen LogP contribution is -2.27. The molecular formula is C15H16N2O4. The van der Waals surface area contributed by atoms with Crippen molar-refractivity contribution in [3.8, 4) is 12.3 Å². The van der Waals surface area contributed by atoms with Gasteiger partial charge in [0.25, 0.3) is 5.69 Å².